The normalized spacial score (nSPS) is 11.9. The summed E-state index contributed by atoms with van der Waals surface area (Å²) in [7, 11) is -4.01. The summed E-state index contributed by atoms with van der Waals surface area (Å²) in [5.41, 5.74) is 2.79. The predicted molar refractivity (Wildman–Crippen MR) is 144 cm³/mol. The molecule has 0 spiro atoms. The monoisotopic (exact) mass is 541 g/mol. The number of pyridine rings is 1. The molecule has 194 valence electrons. The van der Waals surface area contributed by atoms with Gasteiger partial charge in [0.1, 0.15) is 34.3 Å². The number of esters is 1. The van der Waals surface area contributed by atoms with E-state index < -0.39 is 16.1 Å². The topological polar surface area (TPSA) is 99.0 Å². The molecule has 37 heavy (non-hydrogen) atoms. The van der Waals surface area contributed by atoms with E-state index in [1.165, 1.54) is 0 Å². The first-order valence-corrected chi connectivity index (χ1v) is 13.5. The number of anilines is 1. The Morgan fingerprint density at radius 2 is 1.70 bits per heavy atom. The zero-order chi connectivity index (χ0) is 26.8. The van der Waals surface area contributed by atoms with Crippen LogP contribution in [-0.2, 0) is 25.1 Å². The maximum atomic E-state index is 12.8. The third-order valence-electron chi connectivity index (χ3n) is 5.63. The maximum Gasteiger partial charge on any atom is 0.339 e. The van der Waals surface area contributed by atoms with Crippen LogP contribution in [0, 0.1) is 0 Å². The molecule has 4 aromatic rings. The fraction of sp³-hybridized carbons (Fsp3) is 0.259. The predicted octanol–water partition coefficient (Wildman–Crippen LogP) is 5.69. The van der Waals surface area contributed by atoms with Gasteiger partial charge < -0.3 is 14.2 Å². The van der Waals surface area contributed by atoms with Gasteiger partial charge in [-0.1, -0.05) is 44.5 Å². The fourth-order valence-electron chi connectivity index (χ4n) is 3.72. The van der Waals surface area contributed by atoms with Crippen LogP contribution in [-0.4, -0.2) is 36.9 Å². The molecule has 0 bridgehead atoms. The number of imidazole rings is 1. The highest BCUT2D eigenvalue weighted by Gasteiger charge is 2.20. The minimum atomic E-state index is -4.01. The lowest BCUT2D eigenvalue weighted by molar-refractivity contribution is -0.140. The molecule has 2 aromatic heterocycles. The maximum absolute atomic E-state index is 12.8. The number of carbonyl (C=O) groups excluding carboxylic acids is 1. The Morgan fingerprint density at radius 1 is 1.03 bits per heavy atom. The minimum Gasteiger partial charge on any atom is -0.465 e. The van der Waals surface area contributed by atoms with Crippen LogP contribution in [0.15, 0.2) is 71.8 Å². The van der Waals surface area contributed by atoms with Gasteiger partial charge in [-0.3, -0.25) is 9.20 Å². The van der Waals surface area contributed by atoms with E-state index in [0.717, 1.165) is 5.56 Å². The van der Waals surface area contributed by atoms with Gasteiger partial charge >= 0.3 is 16.1 Å². The van der Waals surface area contributed by atoms with E-state index in [0.29, 0.717) is 27.7 Å². The first-order chi connectivity index (χ1) is 17.5. The largest absolute Gasteiger partial charge is 0.465 e. The van der Waals surface area contributed by atoms with Gasteiger partial charge in [0.15, 0.2) is 0 Å². The lowest BCUT2D eigenvalue weighted by atomic mass is 9.87. The molecule has 10 heteroatoms. The Labute approximate surface area is 221 Å². The van der Waals surface area contributed by atoms with Gasteiger partial charge in [0.05, 0.1) is 11.6 Å². The van der Waals surface area contributed by atoms with Crippen molar-refractivity contribution in [2.45, 2.75) is 38.0 Å². The molecule has 0 saturated heterocycles. The summed E-state index contributed by atoms with van der Waals surface area (Å²) in [5.74, 6) is 0.303. The van der Waals surface area contributed by atoms with Crippen LogP contribution < -0.4 is 9.50 Å². The molecule has 0 aliphatic heterocycles. The summed E-state index contributed by atoms with van der Waals surface area (Å²) in [6, 6.07) is 16.7. The molecule has 0 saturated carbocycles. The summed E-state index contributed by atoms with van der Waals surface area (Å²) >= 11 is 6.18. The summed E-state index contributed by atoms with van der Waals surface area (Å²) in [4.78, 5) is 16.7. The van der Waals surface area contributed by atoms with Crippen molar-refractivity contribution in [3.63, 3.8) is 0 Å². The van der Waals surface area contributed by atoms with Gasteiger partial charge in [0.2, 0.25) is 0 Å². The zero-order valence-electron chi connectivity index (χ0n) is 21.0. The number of carbonyl (C=O) groups is 1. The lowest BCUT2D eigenvalue weighted by Gasteiger charge is -2.19. The van der Waals surface area contributed by atoms with Crippen molar-refractivity contribution >= 4 is 39.2 Å². The van der Waals surface area contributed by atoms with E-state index in [2.05, 4.69) is 31.1 Å². The van der Waals surface area contributed by atoms with Crippen LogP contribution >= 0.6 is 11.6 Å². The highest BCUT2D eigenvalue weighted by molar-refractivity contribution is 7.87. The average Bonchev–Trinajstić information content (AvgIpc) is 3.20. The average molecular weight is 542 g/mol. The number of benzene rings is 2. The smallest absolute Gasteiger partial charge is 0.339 e. The van der Waals surface area contributed by atoms with Crippen molar-refractivity contribution in [3.8, 4) is 17.0 Å². The molecule has 0 aliphatic rings. The van der Waals surface area contributed by atoms with E-state index in [1.54, 1.807) is 78.2 Å². The van der Waals surface area contributed by atoms with Crippen LogP contribution in [0.2, 0.25) is 5.02 Å². The van der Waals surface area contributed by atoms with Crippen LogP contribution in [0.3, 0.4) is 0 Å². The molecule has 0 aliphatic carbocycles. The summed E-state index contributed by atoms with van der Waals surface area (Å²) in [6.45, 7) is 8.13. The van der Waals surface area contributed by atoms with Gasteiger partial charge in [0, 0.05) is 11.8 Å². The van der Waals surface area contributed by atoms with Gasteiger partial charge in [-0.2, -0.15) is 8.42 Å². The molecule has 1 N–H and O–H groups in total. The Morgan fingerprint density at radius 3 is 2.32 bits per heavy atom. The van der Waals surface area contributed by atoms with Gasteiger partial charge in [-0.05, 0) is 66.4 Å². The molecule has 0 radical (unpaired) electrons. The van der Waals surface area contributed by atoms with Crippen molar-refractivity contribution in [1.82, 2.24) is 9.38 Å². The van der Waals surface area contributed by atoms with Crippen molar-refractivity contribution < 1.29 is 22.1 Å². The molecule has 4 rings (SSSR count). The van der Waals surface area contributed by atoms with Crippen LogP contribution in [0.5, 0.6) is 5.75 Å². The molecule has 8 nitrogen and oxygen atoms in total. The molecule has 0 unspecified atom stereocenters. The van der Waals surface area contributed by atoms with Crippen LogP contribution in [0.4, 0.5) is 5.82 Å². The van der Waals surface area contributed by atoms with Gasteiger partial charge in [-0.15, -0.1) is 0 Å². The van der Waals surface area contributed by atoms with Crippen molar-refractivity contribution in [1.29, 1.82) is 0 Å². The third kappa shape index (κ3) is 6.06. The Kier molecular flexibility index (Phi) is 7.47. The van der Waals surface area contributed by atoms with Crippen molar-refractivity contribution in [2.24, 2.45) is 0 Å². The molecule has 0 fully saturated rings. The summed E-state index contributed by atoms with van der Waals surface area (Å²) in [6.07, 6.45) is 1.69. The number of ether oxygens (including phenoxy) is 1. The highest BCUT2D eigenvalue weighted by atomic mass is 35.5. The zero-order valence-corrected chi connectivity index (χ0v) is 22.6. The van der Waals surface area contributed by atoms with Crippen molar-refractivity contribution in [2.75, 3.05) is 18.5 Å². The molecule has 2 heterocycles. The number of nitrogens with one attached hydrogen (secondary N) is 1. The van der Waals surface area contributed by atoms with E-state index in [-0.39, 0.29) is 29.2 Å². The summed E-state index contributed by atoms with van der Waals surface area (Å²) < 4.78 is 37.8. The van der Waals surface area contributed by atoms with Crippen molar-refractivity contribution in [3.05, 3.63) is 77.4 Å². The van der Waals surface area contributed by atoms with Crippen LogP contribution in [0.1, 0.15) is 33.3 Å². The number of halogens is 1. The van der Waals surface area contributed by atoms with Gasteiger partial charge in [-0.25, -0.2) is 4.98 Å². The molecule has 0 amide bonds. The number of rotatable bonds is 8. The quantitative estimate of drug-likeness (QED) is 0.226. The lowest BCUT2D eigenvalue weighted by Crippen LogP contribution is -2.17. The first kappa shape index (κ1) is 26.5. The number of hydrogen-bond donors (Lipinski definition) is 1. The number of hydrogen-bond acceptors (Lipinski definition) is 7. The second kappa shape index (κ2) is 10.4. The van der Waals surface area contributed by atoms with Gasteiger partial charge in [0.25, 0.3) is 0 Å². The third-order valence-corrected chi connectivity index (χ3v) is 7.12. The SMILES string of the molecule is CCOC(=O)CNc1c(-c2ccc(OS(=O)(=O)c3ccc(C(C)(C)C)cc3)cc2)nc2ccc(Cl)cn12. The molecule has 2 aromatic carbocycles. The number of nitrogens with zero attached hydrogens (tertiary/aromatic N) is 2. The molecular weight excluding hydrogens is 514 g/mol. The minimum absolute atomic E-state index is 0.0609. The summed E-state index contributed by atoms with van der Waals surface area (Å²) in [5, 5.41) is 3.58. The van der Waals surface area contributed by atoms with Crippen LogP contribution in [0.25, 0.3) is 16.9 Å². The number of aromatic nitrogens is 2. The van der Waals surface area contributed by atoms with E-state index >= 15 is 0 Å². The van der Waals surface area contributed by atoms with E-state index in [9.17, 15) is 13.2 Å². The van der Waals surface area contributed by atoms with E-state index in [1.807, 2.05) is 0 Å². The molecular formula is C27H28ClN3O5S. The Hall–Kier alpha value is -3.56. The Balaban J connectivity index is 1.60. The fourth-order valence-corrected chi connectivity index (χ4v) is 4.81. The Bertz CT molecular complexity index is 1520. The highest BCUT2D eigenvalue weighted by Crippen LogP contribution is 2.32. The second-order valence-electron chi connectivity index (χ2n) is 9.38. The first-order valence-electron chi connectivity index (χ1n) is 11.7. The second-order valence-corrected chi connectivity index (χ2v) is 11.4. The molecule has 0 atom stereocenters. The standard InChI is InChI=1S/C27H28ClN3O5S/c1-5-35-24(32)16-29-26-25(30-23-15-10-20(28)17-31(23)26)18-6-11-21(12-7-18)36-37(33,34)22-13-8-19(9-14-22)27(2,3)4/h6-15,17,29H,5,16H2,1-4H3. The number of fused-ring (bicyclic) bond motifs is 1. The van der Waals surface area contributed by atoms with E-state index in [4.69, 9.17) is 20.5 Å².